The Labute approximate surface area is 42.5 Å². The van der Waals surface area contributed by atoms with Gasteiger partial charge in [-0.3, -0.25) is 5.84 Å². The molecule has 0 spiro atoms. The third kappa shape index (κ3) is 3.68. The van der Waals surface area contributed by atoms with Crippen LogP contribution in [0.4, 0.5) is 0 Å². The van der Waals surface area contributed by atoms with Crippen LogP contribution >= 0.6 is 0 Å². The zero-order valence-electron chi connectivity index (χ0n) is 4.09. The van der Waals surface area contributed by atoms with Gasteiger partial charge in [0, 0.05) is 6.61 Å². The molecule has 0 aromatic carbocycles. The van der Waals surface area contributed by atoms with Crippen molar-refractivity contribution < 1.29 is 5.11 Å². The van der Waals surface area contributed by atoms with Gasteiger partial charge in [0.2, 0.25) is 0 Å². The van der Waals surface area contributed by atoms with Crippen molar-refractivity contribution in [2.24, 2.45) is 11.6 Å². The summed E-state index contributed by atoms with van der Waals surface area (Å²) in [6.07, 6.45) is 0.223. The third-order valence-electron chi connectivity index (χ3n) is 0.654. The lowest BCUT2D eigenvalue weighted by Crippen LogP contribution is -2.42. The lowest BCUT2D eigenvalue weighted by Gasteiger charge is -2.04. The third-order valence-corrected chi connectivity index (χ3v) is 0.654. The van der Waals surface area contributed by atoms with Gasteiger partial charge in [-0.25, -0.2) is 5.43 Å². The Kier molecular flexibility index (Phi) is 3.92. The molecular weight excluding hydrogens is 94.1 g/mol. The van der Waals surface area contributed by atoms with Crippen LogP contribution < -0.4 is 17.0 Å². The minimum Gasteiger partial charge on any atom is -0.396 e. The molecule has 44 valence electrons. The second-order valence-corrected chi connectivity index (χ2v) is 1.29. The number of nitrogens with two attached hydrogens (primary N) is 2. The van der Waals surface area contributed by atoms with Gasteiger partial charge in [-0.05, 0) is 6.42 Å². The van der Waals surface area contributed by atoms with Crippen LogP contribution in [0, 0.1) is 0 Å². The van der Waals surface area contributed by atoms with E-state index >= 15 is 0 Å². The fraction of sp³-hybridized carbons (Fsp3) is 1.00. The van der Waals surface area contributed by atoms with Crippen LogP contribution in [0.5, 0.6) is 0 Å². The maximum atomic E-state index is 8.19. The van der Waals surface area contributed by atoms with Crippen molar-refractivity contribution in [1.29, 1.82) is 0 Å². The molecule has 0 fully saturated rings. The van der Waals surface area contributed by atoms with E-state index in [1.165, 1.54) is 0 Å². The minimum absolute atomic E-state index is 0.0748. The summed E-state index contributed by atoms with van der Waals surface area (Å²) in [7, 11) is 0. The van der Waals surface area contributed by atoms with E-state index in [1.807, 2.05) is 0 Å². The highest BCUT2D eigenvalue weighted by Gasteiger charge is 1.92. The highest BCUT2D eigenvalue weighted by Crippen LogP contribution is 1.74. The number of nitrogens with one attached hydrogen (secondary N) is 1. The molecule has 1 atom stereocenters. The monoisotopic (exact) mass is 105 g/mol. The SMILES string of the molecule is NNC(N)CCO. The Morgan fingerprint density at radius 1 is 1.71 bits per heavy atom. The molecule has 0 amide bonds. The summed E-state index contributed by atoms with van der Waals surface area (Å²) in [4.78, 5) is 0. The second-order valence-electron chi connectivity index (χ2n) is 1.29. The van der Waals surface area contributed by atoms with Crippen LogP contribution in [0.2, 0.25) is 0 Å². The largest absolute Gasteiger partial charge is 0.396 e. The van der Waals surface area contributed by atoms with Crippen molar-refractivity contribution in [1.82, 2.24) is 5.43 Å². The first-order valence-electron chi connectivity index (χ1n) is 2.14. The molecule has 1 unspecified atom stereocenters. The Balaban J connectivity index is 2.83. The highest BCUT2D eigenvalue weighted by molar-refractivity contribution is 4.49. The molecule has 0 aromatic heterocycles. The number of aliphatic hydroxyl groups is 1. The van der Waals surface area contributed by atoms with Gasteiger partial charge >= 0.3 is 0 Å². The maximum absolute atomic E-state index is 8.19. The predicted molar refractivity (Wildman–Crippen MR) is 27.0 cm³/mol. The molecule has 0 bridgehead atoms. The molecule has 0 aliphatic heterocycles. The number of hydrogen-bond acceptors (Lipinski definition) is 4. The van der Waals surface area contributed by atoms with E-state index in [4.69, 9.17) is 16.7 Å². The molecule has 7 heavy (non-hydrogen) atoms. The summed E-state index contributed by atoms with van der Waals surface area (Å²) < 4.78 is 0. The molecule has 4 heteroatoms. The molecular formula is C3H11N3O. The van der Waals surface area contributed by atoms with Gasteiger partial charge in [-0.2, -0.15) is 0 Å². The number of hydrogen-bond donors (Lipinski definition) is 4. The van der Waals surface area contributed by atoms with Gasteiger partial charge in [0.1, 0.15) is 0 Å². The van der Waals surface area contributed by atoms with Gasteiger partial charge in [-0.1, -0.05) is 0 Å². The Morgan fingerprint density at radius 3 is 2.43 bits per heavy atom. The maximum Gasteiger partial charge on any atom is 0.0698 e. The molecule has 4 nitrogen and oxygen atoms in total. The smallest absolute Gasteiger partial charge is 0.0698 e. The van der Waals surface area contributed by atoms with E-state index in [0.717, 1.165) is 0 Å². The van der Waals surface area contributed by atoms with Crippen molar-refractivity contribution in [3.05, 3.63) is 0 Å². The quantitative estimate of drug-likeness (QED) is 0.192. The molecule has 0 rings (SSSR count). The predicted octanol–water partition coefficient (Wildman–Crippen LogP) is -1.88. The Bertz CT molecular complexity index is 41.2. The molecule has 0 saturated carbocycles. The van der Waals surface area contributed by atoms with E-state index in [-0.39, 0.29) is 12.8 Å². The number of aliphatic hydroxyl groups excluding tert-OH is 1. The molecule has 0 radical (unpaired) electrons. The molecule has 6 N–H and O–H groups in total. The van der Waals surface area contributed by atoms with Crippen LogP contribution in [-0.2, 0) is 0 Å². The average molecular weight is 105 g/mol. The molecule has 0 saturated heterocycles. The average Bonchev–Trinajstić information content (AvgIpc) is 1.68. The molecule has 0 aromatic rings. The van der Waals surface area contributed by atoms with Gasteiger partial charge in [0.25, 0.3) is 0 Å². The lowest BCUT2D eigenvalue weighted by molar-refractivity contribution is 0.266. The summed E-state index contributed by atoms with van der Waals surface area (Å²) in [5, 5.41) is 8.19. The van der Waals surface area contributed by atoms with E-state index in [2.05, 4.69) is 5.43 Å². The van der Waals surface area contributed by atoms with Crippen LogP contribution in [-0.4, -0.2) is 17.9 Å². The van der Waals surface area contributed by atoms with E-state index in [9.17, 15) is 0 Å². The zero-order chi connectivity index (χ0) is 5.70. The minimum atomic E-state index is -0.273. The second kappa shape index (κ2) is 4.01. The summed E-state index contributed by atoms with van der Waals surface area (Å²) in [5.74, 6) is 4.87. The summed E-state index contributed by atoms with van der Waals surface area (Å²) in [6.45, 7) is 0.0748. The zero-order valence-corrected chi connectivity index (χ0v) is 4.09. The molecule has 0 aliphatic carbocycles. The van der Waals surface area contributed by atoms with Gasteiger partial charge in [0.15, 0.2) is 0 Å². The van der Waals surface area contributed by atoms with Crippen molar-refractivity contribution >= 4 is 0 Å². The first-order chi connectivity index (χ1) is 3.31. The van der Waals surface area contributed by atoms with Crippen LogP contribution in [0.1, 0.15) is 6.42 Å². The topological polar surface area (TPSA) is 84.3 Å². The molecule has 0 aliphatic rings. The first-order valence-corrected chi connectivity index (χ1v) is 2.14. The molecule has 0 heterocycles. The Morgan fingerprint density at radius 2 is 2.29 bits per heavy atom. The van der Waals surface area contributed by atoms with Crippen LogP contribution in [0.3, 0.4) is 0 Å². The fourth-order valence-electron chi connectivity index (χ4n) is 0.222. The van der Waals surface area contributed by atoms with Crippen LogP contribution in [0.15, 0.2) is 0 Å². The summed E-state index contributed by atoms with van der Waals surface area (Å²) in [6, 6.07) is 0. The van der Waals surface area contributed by atoms with E-state index in [0.29, 0.717) is 6.42 Å². The lowest BCUT2D eigenvalue weighted by atomic mass is 10.4. The first kappa shape index (κ1) is 6.84. The number of hydrazine groups is 1. The van der Waals surface area contributed by atoms with Gasteiger partial charge in [0.05, 0.1) is 6.17 Å². The van der Waals surface area contributed by atoms with Crippen molar-refractivity contribution in [2.75, 3.05) is 6.61 Å². The highest BCUT2D eigenvalue weighted by atomic mass is 16.3. The Hall–Kier alpha value is -0.160. The number of rotatable bonds is 3. The van der Waals surface area contributed by atoms with E-state index < -0.39 is 0 Å². The summed E-state index contributed by atoms with van der Waals surface area (Å²) >= 11 is 0. The van der Waals surface area contributed by atoms with Crippen molar-refractivity contribution in [3.8, 4) is 0 Å². The van der Waals surface area contributed by atoms with Crippen LogP contribution in [0.25, 0.3) is 0 Å². The van der Waals surface area contributed by atoms with Gasteiger partial charge < -0.3 is 10.8 Å². The summed E-state index contributed by atoms with van der Waals surface area (Å²) in [5.41, 5.74) is 7.47. The van der Waals surface area contributed by atoms with Gasteiger partial charge in [-0.15, -0.1) is 0 Å². The standard InChI is InChI=1S/C3H11N3O/c4-3(6-5)1-2-7/h3,6-7H,1-2,4-5H2. The van der Waals surface area contributed by atoms with E-state index in [1.54, 1.807) is 0 Å². The normalized spacial score (nSPS) is 14.1. The fourth-order valence-corrected chi connectivity index (χ4v) is 0.222. The van der Waals surface area contributed by atoms with Crippen molar-refractivity contribution in [2.45, 2.75) is 12.6 Å². The van der Waals surface area contributed by atoms with Crippen molar-refractivity contribution in [3.63, 3.8) is 0 Å².